The molecule has 1 heterocycles. The summed E-state index contributed by atoms with van der Waals surface area (Å²) in [5.41, 5.74) is 1.18. The molecule has 5 heteroatoms. The van der Waals surface area contributed by atoms with Gasteiger partial charge in [-0.2, -0.15) is 0 Å². The average molecular weight is 279 g/mol. The van der Waals surface area contributed by atoms with Gasteiger partial charge in [-0.05, 0) is 30.4 Å². The van der Waals surface area contributed by atoms with E-state index >= 15 is 0 Å². The molecular weight excluding hydrogens is 254 g/mol. The van der Waals surface area contributed by atoms with Crippen LogP contribution in [0.4, 0.5) is 5.82 Å². The van der Waals surface area contributed by atoms with Gasteiger partial charge >= 0.3 is 0 Å². The van der Waals surface area contributed by atoms with Crippen molar-refractivity contribution in [2.75, 3.05) is 38.8 Å². The number of aliphatic hydroxyl groups excluding tert-OH is 1. The summed E-state index contributed by atoms with van der Waals surface area (Å²) in [6.45, 7) is 3.36. The first-order chi connectivity index (χ1) is 9.69. The minimum Gasteiger partial charge on any atom is -0.393 e. The maximum Gasteiger partial charge on any atom is 0.128 e. The number of aliphatic hydroxyl groups is 1. The molecule has 2 rings (SSSR count). The molecule has 0 atom stereocenters. The molecule has 0 radical (unpaired) electrons. The third-order valence-electron chi connectivity index (χ3n) is 3.76. The Bertz CT molecular complexity index is 391. The first kappa shape index (κ1) is 15.2. The van der Waals surface area contributed by atoms with Crippen LogP contribution in [-0.2, 0) is 11.3 Å². The minimum absolute atomic E-state index is 0.0816. The van der Waals surface area contributed by atoms with Crippen LogP contribution in [0.1, 0.15) is 18.4 Å². The molecule has 2 N–H and O–H groups in total. The highest BCUT2D eigenvalue weighted by Gasteiger charge is 2.28. The van der Waals surface area contributed by atoms with Crippen LogP contribution in [-0.4, -0.2) is 50.0 Å². The van der Waals surface area contributed by atoms with Crippen molar-refractivity contribution >= 4 is 5.82 Å². The van der Waals surface area contributed by atoms with E-state index in [1.165, 1.54) is 5.56 Å². The number of rotatable bonds is 8. The number of nitrogens with one attached hydrogen (secondary N) is 1. The molecule has 1 aromatic rings. The van der Waals surface area contributed by atoms with Crippen LogP contribution < -0.4 is 10.2 Å². The molecule has 0 bridgehead atoms. The van der Waals surface area contributed by atoms with Gasteiger partial charge in [-0.1, -0.05) is 6.07 Å². The Kier molecular flexibility index (Phi) is 5.76. The molecule has 112 valence electrons. The minimum atomic E-state index is -0.0816. The van der Waals surface area contributed by atoms with Crippen molar-refractivity contribution in [1.82, 2.24) is 10.3 Å². The van der Waals surface area contributed by atoms with Gasteiger partial charge in [-0.15, -0.1) is 0 Å². The van der Waals surface area contributed by atoms with E-state index in [0.717, 1.165) is 44.9 Å². The Morgan fingerprint density at radius 2 is 2.25 bits per heavy atom. The molecule has 1 saturated carbocycles. The first-order valence-electron chi connectivity index (χ1n) is 7.23. The molecule has 1 fully saturated rings. The van der Waals surface area contributed by atoms with Crippen molar-refractivity contribution in [3.63, 3.8) is 0 Å². The second kappa shape index (κ2) is 7.57. The number of nitrogens with zero attached hydrogens (tertiary/aromatic N) is 2. The van der Waals surface area contributed by atoms with Gasteiger partial charge in [0, 0.05) is 40.0 Å². The van der Waals surface area contributed by atoms with Crippen LogP contribution in [0.25, 0.3) is 0 Å². The van der Waals surface area contributed by atoms with Gasteiger partial charge < -0.3 is 20.1 Å². The Labute approximate surface area is 121 Å². The zero-order valence-corrected chi connectivity index (χ0v) is 12.4. The summed E-state index contributed by atoms with van der Waals surface area (Å²) in [5.74, 6) is 1.60. The monoisotopic (exact) mass is 279 g/mol. The van der Waals surface area contributed by atoms with Crippen molar-refractivity contribution < 1.29 is 9.84 Å². The quantitative estimate of drug-likeness (QED) is 0.696. The predicted molar refractivity (Wildman–Crippen MR) is 79.8 cm³/mol. The van der Waals surface area contributed by atoms with Crippen molar-refractivity contribution in [3.05, 3.63) is 23.9 Å². The summed E-state index contributed by atoms with van der Waals surface area (Å²) in [5, 5.41) is 12.6. The predicted octanol–water partition coefficient (Wildman–Crippen LogP) is 1.02. The van der Waals surface area contributed by atoms with Gasteiger partial charge in [0.25, 0.3) is 0 Å². The van der Waals surface area contributed by atoms with Gasteiger partial charge in [0.05, 0.1) is 12.7 Å². The van der Waals surface area contributed by atoms with Crippen molar-refractivity contribution in [2.45, 2.75) is 25.5 Å². The third-order valence-corrected chi connectivity index (χ3v) is 3.76. The Morgan fingerprint density at radius 3 is 2.85 bits per heavy atom. The zero-order valence-electron chi connectivity index (χ0n) is 12.4. The number of aromatic nitrogens is 1. The molecular formula is C15H25N3O2. The van der Waals surface area contributed by atoms with Gasteiger partial charge in [-0.3, -0.25) is 0 Å². The van der Waals surface area contributed by atoms with E-state index in [-0.39, 0.29) is 6.10 Å². The molecule has 0 aliphatic heterocycles. The fourth-order valence-electron chi connectivity index (χ4n) is 2.48. The lowest BCUT2D eigenvalue weighted by Gasteiger charge is -2.34. The molecule has 0 amide bonds. The highest BCUT2D eigenvalue weighted by molar-refractivity contribution is 5.38. The second-order valence-corrected chi connectivity index (χ2v) is 5.57. The number of methoxy groups -OCH3 is 1. The lowest BCUT2D eigenvalue weighted by molar-refractivity contribution is 0.0464. The number of hydrogen-bond acceptors (Lipinski definition) is 5. The van der Waals surface area contributed by atoms with Crippen molar-refractivity contribution in [3.8, 4) is 0 Å². The average Bonchev–Trinajstić information content (AvgIpc) is 2.42. The molecule has 0 saturated heterocycles. The van der Waals surface area contributed by atoms with Crippen LogP contribution in [0.5, 0.6) is 0 Å². The fourth-order valence-corrected chi connectivity index (χ4v) is 2.48. The van der Waals surface area contributed by atoms with Crippen LogP contribution in [0.15, 0.2) is 18.3 Å². The summed E-state index contributed by atoms with van der Waals surface area (Å²) in [6, 6.07) is 4.16. The van der Waals surface area contributed by atoms with Crippen LogP contribution >= 0.6 is 0 Å². The van der Waals surface area contributed by atoms with E-state index in [0.29, 0.717) is 5.92 Å². The third kappa shape index (κ3) is 4.44. The number of anilines is 1. The highest BCUT2D eigenvalue weighted by Crippen LogP contribution is 2.28. The molecule has 20 heavy (non-hydrogen) atoms. The standard InChI is InChI=1S/C15H25N3O2/c1-18(11-13-7-14(19)8-13)15-4-3-12(10-17-15)9-16-5-6-20-2/h3-4,10,13-14,16,19H,5-9,11H2,1-2H3. The SMILES string of the molecule is COCCNCc1ccc(N(C)CC2CC(O)C2)nc1. The number of pyridine rings is 1. The summed E-state index contributed by atoms with van der Waals surface area (Å²) < 4.78 is 4.99. The van der Waals surface area contributed by atoms with E-state index in [9.17, 15) is 5.11 Å². The van der Waals surface area contributed by atoms with E-state index in [1.807, 2.05) is 6.20 Å². The highest BCUT2D eigenvalue weighted by atomic mass is 16.5. The first-order valence-corrected chi connectivity index (χ1v) is 7.23. The summed E-state index contributed by atoms with van der Waals surface area (Å²) in [4.78, 5) is 6.67. The largest absolute Gasteiger partial charge is 0.393 e. The van der Waals surface area contributed by atoms with E-state index in [2.05, 4.69) is 34.4 Å². The molecule has 5 nitrogen and oxygen atoms in total. The van der Waals surface area contributed by atoms with Gasteiger partial charge in [-0.25, -0.2) is 4.98 Å². The molecule has 0 unspecified atom stereocenters. The maximum absolute atomic E-state index is 9.31. The summed E-state index contributed by atoms with van der Waals surface area (Å²) >= 11 is 0. The molecule has 1 aliphatic rings. The lowest BCUT2D eigenvalue weighted by Crippen LogP contribution is -2.37. The van der Waals surface area contributed by atoms with Crippen LogP contribution in [0.2, 0.25) is 0 Å². The van der Waals surface area contributed by atoms with Crippen LogP contribution in [0, 0.1) is 5.92 Å². The fraction of sp³-hybridized carbons (Fsp3) is 0.667. The number of hydrogen-bond donors (Lipinski definition) is 2. The molecule has 0 spiro atoms. The summed E-state index contributed by atoms with van der Waals surface area (Å²) in [7, 11) is 3.76. The van der Waals surface area contributed by atoms with Gasteiger partial charge in [0.2, 0.25) is 0 Å². The van der Waals surface area contributed by atoms with Crippen LogP contribution in [0.3, 0.4) is 0 Å². The Morgan fingerprint density at radius 1 is 1.45 bits per heavy atom. The van der Waals surface area contributed by atoms with Gasteiger partial charge in [0.1, 0.15) is 5.82 Å². The second-order valence-electron chi connectivity index (χ2n) is 5.57. The Balaban J connectivity index is 1.75. The van der Waals surface area contributed by atoms with E-state index < -0.39 is 0 Å². The van der Waals surface area contributed by atoms with E-state index in [4.69, 9.17) is 4.74 Å². The van der Waals surface area contributed by atoms with E-state index in [1.54, 1.807) is 7.11 Å². The van der Waals surface area contributed by atoms with Crippen molar-refractivity contribution in [2.24, 2.45) is 5.92 Å². The topological polar surface area (TPSA) is 57.6 Å². The smallest absolute Gasteiger partial charge is 0.128 e. The maximum atomic E-state index is 9.31. The zero-order chi connectivity index (χ0) is 14.4. The summed E-state index contributed by atoms with van der Waals surface area (Å²) in [6.07, 6.45) is 3.68. The lowest BCUT2D eigenvalue weighted by atomic mass is 9.82. The van der Waals surface area contributed by atoms with Crippen molar-refractivity contribution in [1.29, 1.82) is 0 Å². The van der Waals surface area contributed by atoms with Gasteiger partial charge in [0.15, 0.2) is 0 Å². The number of ether oxygens (including phenoxy) is 1. The molecule has 1 aromatic heterocycles. The normalized spacial score (nSPS) is 21.6. The molecule has 0 aromatic carbocycles. The molecule has 1 aliphatic carbocycles. The Hall–Kier alpha value is -1.17.